The molecular weight excluding hydrogens is 1140 g/mol. The van der Waals surface area contributed by atoms with Crippen LogP contribution in [0.2, 0.25) is 0 Å². The van der Waals surface area contributed by atoms with Crippen LogP contribution >= 0.6 is 21.3 Å². The van der Waals surface area contributed by atoms with E-state index in [1.165, 1.54) is 23.6 Å². The van der Waals surface area contributed by atoms with Gasteiger partial charge >= 0.3 is 63.5 Å². The number of hydrogen-bond acceptors (Lipinski definition) is 14. The Kier molecular flexibility index (Phi) is 54.1. The zero-order valence-electron chi connectivity index (χ0n) is 53.2. The van der Waals surface area contributed by atoms with Gasteiger partial charge in [0.1, 0.15) is 19.8 Å². The number of carboxylic acid groups (broad SMARTS) is 1. The van der Waals surface area contributed by atoms with Crippen molar-refractivity contribution in [1.82, 2.24) is 9.80 Å². The van der Waals surface area contributed by atoms with Crippen molar-refractivity contribution < 1.29 is 80.5 Å². The molecule has 0 rings (SSSR count). The van der Waals surface area contributed by atoms with E-state index in [2.05, 4.69) is 80.7 Å². The number of carbonyl (C=O) groups is 7. The fraction of sp³-hybridized carbons (Fsp3) is 0.869. The summed E-state index contributed by atoms with van der Waals surface area (Å²) in [5, 5.41) is 8.75. The van der Waals surface area contributed by atoms with E-state index in [4.69, 9.17) is 28.8 Å². The van der Waals surface area contributed by atoms with Crippen LogP contribution in [0, 0.1) is 40.4 Å². The van der Waals surface area contributed by atoms with E-state index in [9.17, 15) is 33.6 Å². The van der Waals surface area contributed by atoms with Crippen LogP contribution in [-0.2, 0) is 75.4 Å². The number of ether oxygens (including phenoxy) is 5. The van der Waals surface area contributed by atoms with Gasteiger partial charge in [-0.2, -0.15) is 11.8 Å². The van der Waals surface area contributed by atoms with Crippen LogP contribution in [0.4, 0.5) is 0 Å². The Bertz CT molecular complexity index is 1520. The van der Waals surface area contributed by atoms with Gasteiger partial charge in [-0.25, -0.2) is 0 Å². The first-order valence-electron chi connectivity index (χ1n) is 29.0. The Hall–Kier alpha value is -2.45. The quantitative estimate of drug-likeness (QED) is 0.0151. The van der Waals surface area contributed by atoms with Gasteiger partial charge in [0, 0.05) is 31.8 Å². The summed E-state index contributed by atoms with van der Waals surface area (Å²) in [6.07, 6.45) is 20.5. The van der Waals surface area contributed by atoms with Crippen molar-refractivity contribution in [2.45, 2.75) is 232 Å². The summed E-state index contributed by atoms with van der Waals surface area (Å²) in [7, 11) is 8.71. The molecule has 15 nitrogen and oxygen atoms in total. The van der Waals surface area contributed by atoms with E-state index in [1.54, 1.807) is 6.92 Å². The average molecular weight is 1260 g/mol. The second kappa shape index (κ2) is 50.1. The fourth-order valence-electron chi connectivity index (χ4n) is 7.48. The molecule has 0 radical (unpaired) electrons. The molecule has 0 aliphatic rings. The molecule has 0 saturated heterocycles. The number of unbranched alkanes of at least 4 members (excludes halogenated alkanes) is 8. The molecule has 472 valence electrons. The van der Waals surface area contributed by atoms with Crippen molar-refractivity contribution >= 4 is 63.5 Å². The predicted molar refractivity (Wildman–Crippen MR) is 321 cm³/mol. The Morgan fingerprint density at radius 2 is 0.861 bits per heavy atom. The van der Waals surface area contributed by atoms with Crippen LogP contribution in [0.5, 0.6) is 0 Å². The molecule has 0 aliphatic heterocycles. The van der Waals surface area contributed by atoms with E-state index in [0.717, 1.165) is 89.9 Å². The Morgan fingerprint density at radius 1 is 0.532 bits per heavy atom. The second-order valence-electron chi connectivity index (χ2n) is 24.2. The van der Waals surface area contributed by atoms with E-state index in [1.807, 2.05) is 74.1 Å². The first-order chi connectivity index (χ1) is 36.5. The van der Waals surface area contributed by atoms with Gasteiger partial charge in [-0.15, -0.1) is 0 Å². The number of aliphatic carboxylic acids is 1. The molecule has 0 aliphatic carbocycles. The fourth-order valence-corrected chi connectivity index (χ4v) is 7.89. The molecule has 79 heavy (non-hydrogen) atoms. The second-order valence-corrected chi connectivity index (χ2v) is 25.2. The van der Waals surface area contributed by atoms with Gasteiger partial charge in [-0.3, -0.25) is 33.6 Å². The van der Waals surface area contributed by atoms with E-state index in [0.29, 0.717) is 58.4 Å². The van der Waals surface area contributed by atoms with Crippen molar-refractivity contribution in [3.05, 3.63) is 7.43 Å². The predicted octanol–water partition coefficient (Wildman–Crippen LogP) is 14.3. The van der Waals surface area contributed by atoms with Crippen molar-refractivity contribution in [2.24, 2.45) is 33.0 Å². The van der Waals surface area contributed by atoms with Gasteiger partial charge in [-0.05, 0) is 140 Å². The maximum atomic E-state index is 12.9. The summed E-state index contributed by atoms with van der Waals surface area (Å²) in [5.74, 6) is -1.14. The molecule has 0 aromatic carbocycles. The minimum absolute atomic E-state index is 0. The topological polar surface area (TPSA) is 192 Å². The normalized spacial score (nSPS) is 11.6. The van der Waals surface area contributed by atoms with Crippen LogP contribution < -0.4 is 0 Å². The molecule has 0 bridgehead atoms. The molecule has 0 heterocycles. The van der Waals surface area contributed by atoms with Crippen molar-refractivity contribution in [3.63, 3.8) is 0 Å². The Morgan fingerprint density at radius 3 is 1.16 bits per heavy atom. The molecule has 18 heteroatoms. The molecule has 0 aromatic rings. The molecule has 0 unspecified atom stereocenters. The minimum atomic E-state index is -0.953. The van der Waals surface area contributed by atoms with Crippen LogP contribution in [0.25, 0.3) is 0 Å². The van der Waals surface area contributed by atoms with Crippen molar-refractivity contribution in [1.29, 1.82) is 0 Å². The number of nitrogens with zero attached hydrogens (tertiary/aromatic N) is 2. The Balaban J connectivity index is -0.000000417. The molecule has 1 amide bonds. The van der Waals surface area contributed by atoms with Crippen molar-refractivity contribution in [3.8, 4) is 0 Å². The number of hydrogen-bond donors (Lipinski definition) is 1. The molecule has 0 aromatic heterocycles. The standard InChI is InChI=1S/C32H57NO9.C22H42O4.C6H15NS.CH3.ClH.Pd/c1-8-10-12-18-30(3,4)28(38)41-23-32(7,24-42-29(39)31(5,6)19-13-11-9-2)22-40-27(37)17-15-21-33(25-34)20-14-16-26(35)36;1-8-10-12-14-21(4,5)19(23)25-16-18(3)17-26-20(24)22(6,7)15-13-11-9-2;1-7(2)5-4-6-8-3;;;/h25H,8-24H2,1-7H3,(H,35,36);18H,8-17H2,1-7H3;4-6H2,1-3H3;1H3;1H;/q;;;-1;;+2/p-1. The molecule has 0 atom stereocenters. The number of esters is 5. The van der Waals surface area contributed by atoms with Gasteiger partial charge in [0.15, 0.2) is 0 Å². The summed E-state index contributed by atoms with van der Waals surface area (Å²) in [6.45, 7) is 29.5. The molecular formula is C61H117ClN2O13PdS. The van der Waals surface area contributed by atoms with Gasteiger partial charge in [0.05, 0.1) is 40.3 Å². The third-order valence-electron chi connectivity index (χ3n) is 13.3. The van der Waals surface area contributed by atoms with Crippen LogP contribution in [0.15, 0.2) is 0 Å². The number of thioether (sulfide) groups is 1. The number of carboxylic acids is 1. The van der Waals surface area contributed by atoms with Gasteiger partial charge < -0.3 is 46.0 Å². The third-order valence-corrected chi connectivity index (χ3v) is 14.0. The third kappa shape index (κ3) is 47.7. The monoisotopic (exact) mass is 1260 g/mol. The maximum absolute atomic E-state index is 12.9. The molecule has 0 saturated carbocycles. The number of halogens is 1. The summed E-state index contributed by atoms with van der Waals surface area (Å²) < 4.78 is 27.9. The summed E-state index contributed by atoms with van der Waals surface area (Å²) >= 11 is 4.14. The molecule has 0 spiro atoms. The summed E-state index contributed by atoms with van der Waals surface area (Å²) in [4.78, 5) is 88.5. The number of rotatable bonds is 43. The van der Waals surface area contributed by atoms with E-state index in [-0.39, 0.29) is 69.9 Å². The van der Waals surface area contributed by atoms with E-state index >= 15 is 0 Å². The van der Waals surface area contributed by atoms with Crippen LogP contribution in [0.3, 0.4) is 0 Å². The molecule has 0 fully saturated rings. The zero-order chi connectivity index (χ0) is 60.9. The average Bonchev–Trinajstić information content (AvgIpc) is 3.38. The summed E-state index contributed by atoms with van der Waals surface area (Å²) in [5.41, 5.74) is -3.19. The first-order valence-corrected chi connectivity index (χ1v) is 32.4. The number of amides is 1. The van der Waals surface area contributed by atoms with E-state index < -0.39 is 39.0 Å². The van der Waals surface area contributed by atoms with Gasteiger partial charge in [-0.1, -0.05) is 112 Å². The summed E-state index contributed by atoms with van der Waals surface area (Å²) in [6, 6.07) is 0. The van der Waals surface area contributed by atoms with Gasteiger partial charge in [0.2, 0.25) is 6.41 Å². The SMILES string of the molecule is CCCCCC(C)(C)C(=O)OCC(C)(COC(=O)CCCN(C=O)CCCC(=O)O)COC(=O)C(C)(C)CCCCC.CCCCCC(C)(C)C(=O)OCC(C)COC(=O)C(C)(C)CCCCC.CSCCCN(C)C.[CH3-].[Cl][Pd+]. The Labute approximate surface area is 502 Å². The van der Waals surface area contributed by atoms with Gasteiger partial charge in [0.25, 0.3) is 0 Å². The molecule has 1 N–H and O–H groups in total. The zero-order valence-corrected chi connectivity index (χ0v) is 56.3. The number of carbonyl (C=O) groups excluding carboxylic acids is 6. The van der Waals surface area contributed by atoms with Crippen molar-refractivity contribution in [2.75, 3.05) is 78.8 Å². The van der Waals surface area contributed by atoms with Crippen LogP contribution in [0.1, 0.15) is 232 Å². The van der Waals surface area contributed by atoms with Crippen LogP contribution in [-0.4, -0.2) is 136 Å². The first kappa shape index (κ1) is 85.4.